The Kier molecular flexibility index (Phi) is 9.74. The second-order valence-corrected chi connectivity index (χ2v) is 10.6. The first kappa shape index (κ1) is 28.5. The van der Waals surface area contributed by atoms with Crippen molar-refractivity contribution < 1.29 is 25.5 Å². The number of nitrogen functional groups attached to an aromatic ring is 1. The molecule has 4 aromatic heterocycles. The first-order valence-corrected chi connectivity index (χ1v) is 13.7. The van der Waals surface area contributed by atoms with Gasteiger partial charge in [0, 0.05) is 46.3 Å². The van der Waals surface area contributed by atoms with Crippen LogP contribution in [0.1, 0.15) is 38.2 Å². The summed E-state index contributed by atoms with van der Waals surface area (Å²) in [6.45, 7) is 2.14. The van der Waals surface area contributed by atoms with Crippen molar-refractivity contribution in [2.45, 2.75) is 30.7 Å². The van der Waals surface area contributed by atoms with Crippen LogP contribution in [-0.2, 0) is 21.1 Å². The maximum atomic E-state index is 12.4. The zero-order chi connectivity index (χ0) is 26.3. The van der Waals surface area contributed by atoms with Crippen molar-refractivity contribution in [3.05, 3.63) is 72.3 Å². The smallest absolute Gasteiger partial charge is 0.253 e. The summed E-state index contributed by atoms with van der Waals surface area (Å²) in [5.41, 5.74) is 8.53. The lowest BCUT2D eigenvalue weighted by atomic mass is 10.2. The van der Waals surface area contributed by atoms with E-state index in [0.717, 1.165) is 24.9 Å². The minimum Gasteiger partial charge on any atom is -0.384 e. The standard InChI is InChI=1S/C21H18N6O3S.C5H10O.FH.2H2/c1-31(29,30)16-7-14(9-23-12-16)21(28)25-11-15-8-19-13(10-24-15)5-6-18(26-19)17-3-2-4-20(22)27-17;1-2-4-6-5-3-1;;;/h2-10,12H,11H2,1H3,(H2,22,27)(H,25,28);1-5H2;3*1H. The summed E-state index contributed by atoms with van der Waals surface area (Å²) < 4.78 is 28.4. The second-order valence-electron chi connectivity index (χ2n) is 8.55. The molecule has 204 valence electrons. The number of carbonyl (C=O) groups is 1. The van der Waals surface area contributed by atoms with Crippen LogP contribution in [0.5, 0.6) is 0 Å². The number of hydrogen-bond acceptors (Lipinski definition) is 9. The molecule has 1 aliphatic rings. The number of ether oxygens (including phenoxy) is 1. The Labute approximate surface area is 223 Å². The highest BCUT2D eigenvalue weighted by molar-refractivity contribution is 7.90. The molecule has 0 saturated carbocycles. The molecule has 5 heterocycles. The number of hydrogen-bond donors (Lipinski definition) is 2. The minimum absolute atomic E-state index is 0. The molecule has 0 aliphatic carbocycles. The van der Waals surface area contributed by atoms with Crippen molar-refractivity contribution in [2.24, 2.45) is 0 Å². The molecular formula is C26H33FN6O4S. The van der Waals surface area contributed by atoms with Gasteiger partial charge in [-0.15, -0.1) is 0 Å². The van der Waals surface area contributed by atoms with Crippen LogP contribution in [0.15, 0.2) is 66.0 Å². The van der Waals surface area contributed by atoms with Crippen LogP contribution >= 0.6 is 0 Å². The Hall–Kier alpha value is -4.03. The summed E-state index contributed by atoms with van der Waals surface area (Å²) in [5, 5.41) is 3.56. The number of sulfone groups is 1. The zero-order valence-corrected chi connectivity index (χ0v) is 21.6. The van der Waals surface area contributed by atoms with Gasteiger partial charge in [-0.3, -0.25) is 19.5 Å². The van der Waals surface area contributed by atoms with E-state index in [1.807, 2.05) is 24.3 Å². The van der Waals surface area contributed by atoms with E-state index in [-0.39, 0.29) is 24.6 Å². The van der Waals surface area contributed by atoms with Gasteiger partial charge in [-0.05, 0) is 55.7 Å². The van der Waals surface area contributed by atoms with E-state index in [0.29, 0.717) is 28.4 Å². The van der Waals surface area contributed by atoms with Crippen LogP contribution in [0.4, 0.5) is 10.5 Å². The average molecular weight is 545 g/mol. The molecule has 1 amide bonds. The fraction of sp³-hybridized carbons (Fsp3) is 0.269. The summed E-state index contributed by atoms with van der Waals surface area (Å²) in [7, 11) is -3.46. The molecule has 0 aromatic carbocycles. The molecule has 1 aliphatic heterocycles. The molecule has 0 bridgehead atoms. The number of pyridine rings is 4. The van der Waals surface area contributed by atoms with E-state index < -0.39 is 15.7 Å². The zero-order valence-electron chi connectivity index (χ0n) is 20.8. The number of rotatable bonds is 5. The van der Waals surface area contributed by atoms with E-state index >= 15 is 0 Å². The van der Waals surface area contributed by atoms with Gasteiger partial charge in [0.05, 0.1) is 39.6 Å². The number of nitrogens with two attached hydrogens (primary N) is 1. The van der Waals surface area contributed by atoms with E-state index in [1.165, 1.54) is 37.7 Å². The highest BCUT2D eigenvalue weighted by Gasteiger charge is 2.13. The van der Waals surface area contributed by atoms with E-state index in [2.05, 4.69) is 25.3 Å². The van der Waals surface area contributed by atoms with Crippen molar-refractivity contribution in [1.82, 2.24) is 25.3 Å². The number of amides is 1. The molecule has 38 heavy (non-hydrogen) atoms. The molecule has 4 aromatic rings. The SMILES string of the molecule is C1CCOCC1.CS(=O)(=O)c1cncc(C(=O)NCc2cc3nc(-c4cccc(N)n4)ccc3cn2)c1.F.[HH].[HH]. The lowest BCUT2D eigenvalue weighted by Gasteiger charge is -2.08. The highest BCUT2D eigenvalue weighted by atomic mass is 32.2. The minimum atomic E-state index is -3.46. The number of halogens is 1. The van der Waals surface area contributed by atoms with Gasteiger partial charge in [-0.25, -0.2) is 18.4 Å². The topological polar surface area (TPSA) is 150 Å². The van der Waals surface area contributed by atoms with Crippen LogP contribution in [0, 0.1) is 0 Å². The van der Waals surface area contributed by atoms with Gasteiger partial charge >= 0.3 is 0 Å². The third-order valence-corrected chi connectivity index (χ3v) is 6.65. The molecule has 3 N–H and O–H groups in total. The number of nitrogens with zero attached hydrogens (tertiary/aromatic N) is 4. The molecule has 0 spiro atoms. The molecule has 12 heteroatoms. The van der Waals surface area contributed by atoms with Crippen LogP contribution < -0.4 is 11.1 Å². The van der Waals surface area contributed by atoms with E-state index in [9.17, 15) is 13.2 Å². The summed E-state index contributed by atoms with van der Waals surface area (Å²) in [5.74, 6) is -0.0440. The molecular weight excluding hydrogens is 511 g/mol. The lowest BCUT2D eigenvalue weighted by molar-refractivity contribution is 0.0949. The number of fused-ring (bicyclic) bond motifs is 1. The van der Waals surface area contributed by atoms with Crippen molar-refractivity contribution in [2.75, 3.05) is 25.2 Å². The van der Waals surface area contributed by atoms with E-state index in [1.54, 1.807) is 18.3 Å². The first-order valence-electron chi connectivity index (χ1n) is 11.8. The molecule has 0 unspecified atom stereocenters. The van der Waals surface area contributed by atoms with Crippen LogP contribution in [-0.4, -0.2) is 53.7 Å². The number of nitrogens with one attached hydrogen (secondary N) is 1. The van der Waals surface area contributed by atoms with Crippen molar-refractivity contribution in [3.8, 4) is 11.4 Å². The van der Waals surface area contributed by atoms with Gasteiger partial charge in [-0.2, -0.15) is 0 Å². The van der Waals surface area contributed by atoms with Gasteiger partial charge < -0.3 is 15.8 Å². The highest BCUT2D eigenvalue weighted by Crippen LogP contribution is 2.20. The summed E-state index contributed by atoms with van der Waals surface area (Å²) in [4.78, 5) is 29.5. The summed E-state index contributed by atoms with van der Waals surface area (Å²) in [6.07, 6.45) is 9.18. The predicted molar refractivity (Wildman–Crippen MR) is 147 cm³/mol. The van der Waals surface area contributed by atoms with Crippen LogP contribution in [0.2, 0.25) is 0 Å². The maximum absolute atomic E-state index is 12.4. The second kappa shape index (κ2) is 13.0. The third-order valence-electron chi connectivity index (χ3n) is 5.57. The maximum Gasteiger partial charge on any atom is 0.253 e. The fourth-order valence-corrected chi connectivity index (χ4v) is 4.19. The molecule has 1 saturated heterocycles. The number of carbonyl (C=O) groups excluding carboxylic acids is 1. The Morgan fingerprint density at radius 1 is 1.03 bits per heavy atom. The van der Waals surface area contributed by atoms with E-state index in [4.69, 9.17) is 10.5 Å². The monoisotopic (exact) mass is 544 g/mol. The molecule has 5 rings (SSSR count). The molecule has 1 fully saturated rings. The van der Waals surface area contributed by atoms with Crippen molar-refractivity contribution in [3.63, 3.8) is 0 Å². The third kappa shape index (κ3) is 7.73. The quantitative estimate of drug-likeness (QED) is 0.382. The van der Waals surface area contributed by atoms with Gasteiger partial charge in [0.1, 0.15) is 5.82 Å². The molecule has 10 nitrogen and oxygen atoms in total. The molecule has 0 atom stereocenters. The normalized spacial score (nSPS) is 13.1. The molecule has 0 radical (unpaired) electrons. The van der Waals surface area contributed by atoms with Crippen molar-refractivity contribution in [1.29, 1.82) is 0 Å². The first-order chi connectivity index (χ1) is 17.8. The Balaban J connectivity index is 0.000000791. The lowest BCUT2D eigenvalue weighted by Crippen LogP contribution is -2.23. The summed E-state index contributed by atoms with van der Waals surface area (Å²) in [6, 6.07) is 12.1. The summed E-state index contributed by atoms with van der Waals surface area (Å²) >= 11 is 0. The van der Waals surface area contributed by atoms with Crippen LogP contribution in [0.3, 0.4) is 0 Å². The predicted octanol–water partition coefficient (Wildman–Crippen LogP) is 3.83. The van der Waals surface area contributed by atoms with Gasteiger partial charge in [0.2, 0.25) is 0 Å². The van der Waals surface area contributed by atoms with Gasteiger partial charge in [-0.1, -0.05) is 6.07 Å². The Morgan fingerprint density at radius 3 is 2.45 bits per heavy atom. The number of aromatic nitrogens is 4. The van der Waals surface area contributed by atoms with Crippen molar-refractivity contribution >= 4 is 32.5 Å². The van der Waals surface area contributed by atoms with Crippen LogP contribution in [0.25, 0.3) is 22.3 Å². The number of anilines is 1. The largest absolute Gasteiger partial charge is 0.384 e. The fourth-order valence-electron chi connectivity index (χ4n) is 3.60. The average Bonchev–Trinajstić information content (AvgIpc) is 2.92. The Morgan fingerprint density at radius 2 is 1.79 bits per heavy atom. The van der Waals surface area contributed by atoms with Gasteiger partial charge in [0.25, 0.3) is 5.91 Å². The Bertz CT molecular complexity index is 1510. The van der Waals surface area contributed by atoms with Gasteiger partial charge in [0.15, 0.2) is 9.84 Å².